The molecule has 0 radical (unpaired) electrons. The lowest BCUT2D eigenvalue weighted by Gasteiger charge is -2.24. The SMILES string of the molecule is C=Cc1ccc(OC)c(CC(=O)NC2CCN(C(=O)OC(C)(C)C)C2)c1. The molecule has 142 valence electrons. The third kappa shape index (κ3) is 5.51. The van der Waals surface area contributed by atoms with Crippen LogP contribution in [0.3, 0.4) is 0 Å². The van der Waals surface area contributed by atoms with E-state index in [1.54, 1.807) is 18.1 Å². The minimum atomic E-state index is -0.523. The highest BCUT2D eigenvalue weighted by atomic mass is 16.6. The number of carbonyl (C=O) groups excluding carboxylic acids is 2. The summed E-state index contributed by atoms with van der Waals surface area (Å²) in [5, 5.41) is 2.99. The fraction of sp³-hybridized carbons (Fsp3) is 0.500. The minimum Gasteiger partial charge on any atom is -0.496 e. The number of ether oxygens (including phenoxy) is 2. The summed E-state index contributed by atoms with van der Waals surface area (Å²) in [5.74, 6) is 0.577. The summed E-state index contributed by atoms with van der Waals surface area (Å²) in [7, 11) is 1.58. The summed E-state index contributed by atoms with van der Waals surface area (Å²) in [6, 6.07) is 5.55. The van der Waals surface area contributed by atoms with Crippen LogP contribution < -0.4 is 10.1 Å². The van der Waals surface area contributed by atoms with E-state index in [2.05, 4.69) is 11.9 Å². The number of methoxy groups -OCH3 is 1. The lowest BCUT2D eigenvalue weighted by atomic mass is 10.1. The number of nitrogens with zero attached hydrogens (tertiary/aromatic N) is 1. The van der Waals surface area contributed by atoms with Gasteiger partial charge in [0, 0.05) is 24.7 Å². The molecule has 1 aromatic rings. The van der Waals surface area contributed by atoms with E-state index >= 15 is 0 Å². The average molecular weight is 360 g/mol. The predicted molar refractivity (Wildman–Crippen MR) is 101 cm³/mol. The van der Waals surface area contributed by atoms with Crippen molar-refractivity contribution < 1.29 is 19.1 Å². The van der Waals surface area contributed by atoms with Crippen LogP contribution in [0.5, 0.6) is 5.75 Å². The second-order valence-corrected chi connectivity index (χ2v) is 7.43. The van der Waals surface area contributed by atoms with E-state index in [-0.39, 0.29) is 24.5 Å². The summed E-state index contributed by atoms with van der Waals surface area (Å²) in [5.41, 5.74) is 1.22. The Labute approximate surface area is 155 Å². The number of likely N-dealkylation sites (tertiary alicyclic amines) is 1. The van der Waals surface area contributed by atoms with Crippen molar-refractivity contribution in [3.8, 4) is 5.75 Å². The Kier molecular flexibility index (Phi) is 6.29. The molecule has 1 unspecified atom stereocenters. The number of rotatable bonds is 5. The number of carbonyl (C=O) groups is 2. The molecule has 0 spiro atoms. The van der Waals surface area contributed by atoms with E-state index in [0.717, 1.165) is 17.5 Å². The molecule has 6 heteroatoms. The monoisotopic (exact) mass is 360 g/mol. The topological polar surface area (TPSA) is 67.9 Å². The van der Waals surface area contributed by atoms with Crippen molar-refractivity contribution in [3.63, 3.8) is 0 Å². The zero-order chi connectivity index (χ0) is 19.3. The Morgan fingerprint density at radius 1 is 1.38 bits per heavy atom. The number of nitrogens with one attached hydrogen (secondary N) is 1. The molecule has 0 aromatic heterocycles. The number of amides is 2. The van der Waals surface area contributed by atoms with Gasteiger partial charge in [0.1, 0.15) is 11.4 Å². The number of hydrogen-bond donors (Lipinski definition) is 1. The Morgan fingerprint density at radius 3 is 2.73 bits per heavy atom. The second kappa shape index (κ2) is 8.25. The fourth-order valence-electron chi connectivity index (χ4n) is 2.89. The lowest BCUT2D eigenvalue weighted by molar-refractivity contribution is -0.121. The summed E-state index contributed by atoms with van der Waals surface area (Å²) in [4.78, 5) is 26.2. The molecule has 0 bridgehead atoms. The first-order valence-corrected chi connectivity index (χ1v) is 8.78. The van der Waals surface area contributed by atoms with Crippen LogP contribution in [0, 0.1) is 0 Å². The molecule has 1 aromatic carbocycles. The van der Waals surface area contributed by atoms with Gasteiger partial charge in [-0.15, -0.1) is 0 Å². The molecule has 1 fully saturated rings. The van der Waals surface area contributed by atoms with Crippen LogP contribution in [0.4, 0.5) is 4.79 Å². The van der Waals surface area contributed by atoms with Crippen molar-refractivity contribution >= 4 is 18.1 Å². The highest BCUT2D eigenvalue weighted by Gasteiger charge is 2.30. The van der Waals surface area contributed by atoms with Crippen molar-refractivity contribution in [1.82, 2.24) is 10.2 Å². The summed E-state index contributed by atoms with van der Waals surface area (Å²) >= 11 is 0. The molecule has 1 N–H and O–H groups in total. The van der Waals surface area contributed by atoms with E-state index in [4.69, 9.17) is 9.47 Å². The number of benzene rings is 1. The van der Waals surface area contributed by atoms with Crippen LogP contribution in [0.1, 0.15) is 38.3 Å². The van der Waals surface area contributed by atoms with Crippen LogP contribution in [0.25, 0.3) is 6.08 Å². The Hall–Kier alpha value is -2.50. The molecular weight excluding hydrogens is 332 g/mol. The highest BCUT2D eigenvalue weighted by molar-refractivity contribution is 5.80. The van der Waals surface area contributed by atoms with Gasteiger partial charge in [-0.3, -0.25) is 4.79 Å². The van der Waals surface area contributed by atoms with Crippen molar-refractivity contribution in [2.45, 2.75) is 45.3 Å². The molecule has 6 nitrogen and oxygen atoms in total. The van der Waals surface area contributed by atoms with Crippen molar-refractivity contribution in [1.29, 1.82) is 0 Å². The predicted octanol–water partition coefficient (Wildman–Crippen LogP) is 3.01. The third-order valence-electron chi connectivity index (χ3n) is 4.10. The third-order valence-corrected chi connectivity index (χ3v) is 4.10. The smallest absolute Gasteiger partial charge is 0.410 e. The average Bonchev–Trinajstić information content (AvgIpc) is 3.01. The summed E-state index contributed by atoms with van der Waals surface area (Å²) in [6.45, 7) is 10.3. The largest absolute Gasteiger partial charge is 0.496 e. The Bertz CT molecular complexity index is 679. The molecule has 1 aliphatic heterocycles. The summed E-state index contributed by atoms with van der Waals surface area (Å²) in [6.07, 6.45) is 2.33. The first-order valence-electron chi connectivity index (χ1n) is 8.78. The van der Waals surface area contributed by atoms with E-state index in [0.29, 0.717) is 18.8 Å². The first kappa shape index (κ1) is 19.8. The fourth-order valence-corrected chi connectivity index (χ4v) is 2.89. The van der Waals surface area contributed by atoms with E-state index < -0.39 is 5.60 Å². The van der Waals surface area contributed by atoms with Crippen LogP contribution in [-0.2, 0) is 16.0 Å². The van der Waals surface area contributed by atoms with Gasteiger partial charge in [-0.1, -0.05) is 18.7 Å². The molecular formula is C20H28N2O4. The zero-order valence-electron chi connectivity index (χ0n) is 16.0. The molecule has 2 rings (SSSR count). The van der Waals surface area contributed by atoms with E-state index in [1.807, 2.05) is 39.0 Å². The second-order valence-electron chi connectivity index (χ2n) is 7.43. The zero-order valence-corrected chi connectivity index (χ0v) is 16.0. The lowest BCUT2D eigenvalue weighted by Crippen LogP contribution is -2.40. The molecule has 2 amide bonds. The van der Waals surface area contributed by atoms with Crippen molar-refractivity contribution in [2.75, 3.05) is 20.2 Å². The van der Waals surface area contributed by atoms with E-state index in [1.165, 1.54) is 0 Å². The quantitative estimate of drug-likeness (QED) is 0.876. The van der Waals surface area contributed by atoms with Gasteiger partial charge >= 0.3 is 6.09 Å². The van der Waals surface area contributed by atoms with Gasteiger partial charge < -0.3 is 19.7 Å². The van der Waals surface area contributed by atoms with Crippen LogP contribution in [0.2, 0.25) is 0 Å². The molecule has 1 aliphatic rings. The van der Waals surface area contributed by atoms with Gasteiger partial charge in [0.2, 0.25) is 5.91 Å². The van der Waals surface area contributed by atoms with Crippen LogP contribution >= 0.6 is 0 Å². The van der Waals surface area contributed by atoms with Crippen molar-refractivity contribution in [2.24, 2.45) is 0 Å². The maximum atomic E-state index is 12.4. The van der Waals surface area contributed by atoms with Crippen LogP contribution in [-0.4, -0.2) is 48.7 Å². The van der Waals surface area contributed by atoms with Crippen molar-refractivity contribution in [3.05, 3.63) is 35.9 Å². The van der Waals surface area contributed by atoms with Gasteiger partial charge in [0.15, 0.2) is 0 Å². The van der Waals surface area contributed by atoms with Gasteiger partial charge in [0.25, 0.3) is 0 Å². The number of hydrogen-bond acceptors (Lipinski definition) is 4. The van der Waals surface area contributed by atoms with Crippen LogP contribution in [0.15, 0.2) is 24.8 Å². The van der Waals surface area contributed by atoms with E-state index in [9.17, 15) is 9.59 Å². The van der Waals surface area contributed by atoms with Gasteiger partial charge in [-0.25, -0.2) is 4.79 Å². The summed E-state index contributed by atoms with van der Waals surface area (Å²) < 4.78 is 10.7. The normalized spacial score (nSPS) is 16.9. The minimum absolute atomic E-state index is 0.0661. The Morgan fingerprint density at radius 2 is 2.12 bits per heavy atom. The Balaban J connectivity index is 1.91. The molecule has 1 heterocycles. The molecule has 0 aliphatic carbocycles. The molecule has 0 saturated carbocycles. The first-order chi connectivity index (χ1) is 12.2. The van der Waals surface area contributed by atoms with Gasteiger partial charge in [-0.2, -0.15) is 0 Å². The molecule has 26 heavy (non-hydrogen) atoms. The van der Waals surface area contributed by atoms with Gasteiger partial charge in [-0.05, 0) is 44.9 Å². The van der Waals surface area contributed by atoms with Gasteiger partial charge in [0.05, 0.1) is 13.5 Å². The maximum absolute atomic E-state index is 12.4. The standard InChI is InChI=1S/C20H28N2O4/c1-6-14-7-8-17(25-5)15(11-14)12-18(23)21-16-9-10-22(13-16)19(24)26-20(2,3)4/h6-8,11,16H,1,9-10,12-13H2,2-5H3,(H,21,23). The maximum Gasteiger partial charge on any atom is 0.410 e. The highest BCUT2D eigenvalue weighted by Crippen LogP contribution is 2.21. The molecule has 1 saturated heterocycles. The molecule has 1 atom stereocenters.